The number of hydrogen-bond acceptors (Lipinski definition) is 3. The standard InChI is InChI=1S/C25H21N2O3/c1-17-11-13-19(14-12-17)15-26-22-20-9-5-6-10-21(20)30-23(22)24(28)27(25(26)29)16-18-7-3-2-4-8-18/h2-14,23H,15-16H2,1H3/q+1. The molecular weight excluding hydrogens is 376 g/mol. The van der Waals surface area contributed by atoms with Crippen LogP contribution in [-0.2, 0) is 17.9 Å². The van der Waals surface area contributed by atoms with E-state index in [1.54, 1.807) is 4.58 Å². The second-order valence-corrected chi connectivity index (χ2v) is 7.64. The van der Waals surface area contributed by atoms with Gasteiger partial charge in [0.25, 0.3) is 6.10 Å². The molecule has 0 N–H and O–H groups in total. The van der Waals surface area contributed by atoms with Gasteiger partial charge in [0.05, 0.1) is 5.56 Å². The maximum atomic E-state index is 13.5. The van der Waals surface area contributed by atoms with Crippen molar-refractivity contribution in [3.05, 3.63) is 101 Å². The number of ether oxygens (including phenoxy) is 1. The highest BCUT2D eigenvalue weighted by Crippen LogP contribution is 2.33. The van der Waals surface area contributed by atoms with Crippen molar-refractivity contribution in [3.63, 3.8) is 0 Å². The predicted octanol–water partition coefficient (Wildman–Crippen LogP) is 3.92. The SMILES string of the molecule is Cc1ccc(C[N+]2=C3c4ccccc4OC3C(=O)N(Cc3ccccc3)C2=O)cc1. The normalized spacial score (nSPS) is 17.6. The molecule has 0 fully saturated rings. The number of hydrogen-bond donors (Lipinski definition) is 0. The lowest BCUT2D eigenvalue weighted by Crippen LogP contribution is -2.57. The smallest absolute Gasteiger partial charge is 0.469 e. The quantitative estimate of drug-likeness (QED) is 0.627. The third-order valence-corrected chi connectivity index (χ3v) is 5.54. The van der Waals surface area contributed by atoms with Gasteiger partial charge in [0.15, 0.2) is 5.71 Å². The summed E-state index contributed by atoms with van der Waals surface area (Å²) in [6.07, 6.45) is -0.811. The van der Waals surface area contributed by atoms with E-state index in [4.69, 9.17) is 4.74 Å². The maximum absolute atomic E-state index is 13.5. The summed E-state index contributed by atoms with van der Waals surface area (Å²) in [6.45, 7) is 2.62. The molecule has 5 nitrogen and oxygen atoms in total. The van der Waals surface area contributed by atoms with E-state index in [2.05, 4.69) is 0 Å². The molecule has 0 saturated carbocycles. The first-order chi connectivity index (χ1) is 14.6. The van der Waals surface area contributed by atoms with E-state index in [9.17, 15) is 9.59 Å². The van der Waals surface area contributed by atoms with Gasteiger partial charge in [-0.3, -0.25) is 0 Å². The van der Waals surface area contributed by atoms with Crippen molar-refractivity contribution in [1.82, 2.24) is 4.90 Å². The number of amides is 3. The van der Waals surface area contributed by atoms with Crippen LogP contribution >= 0.6 is 0 Å². The summed E-state index contributed by atoms with van der Waals surface area (Å²) in [4.78, 5) is 28.1. The largest absolute Gasteiger partial charge is 0.501 e. The van der Waals surface area contributed by atoms with Crippen molar-refractivity contribution in [2.75, 3.05) is 0 Å². The molecule has 0 aliphatic carbocycles. The molecule has 3 amide bonds. The molecule has 148 valence electrons. The van der Waals surface area contributed by atoms with Gasteiger partial charge in [0, 0.05) is 0 Å². The molecule has 0 radical (unpaired) electrons. The number of fused-ring (bicyclic) bond motifs is 3. The summed E-state index contributed by atoms with van der Waals surface area (Å²) in [5.41, 5.74) is 4.48. The van der Waals surface area contributed by atoms with Gasteiger partial charge < -0.3 is 4.74 Å². The summed E-state index contributed by atoms with van der Waals surface area (Å²) < 4.78 is 7.69. The van der Waals surface area contributed by atoms with Crippen molar-refractivity contribution in [3.8, 4) is 5.75 Å². The highest BCUT2D eigenvalue weighted by atomic mass is 16.5. The second-order valence-electron chi connectivity index (χ2n) is 7.64. The molecule has 0 spiro atoms. The van der Waals surface area contributed by atoms with Gasteiger partial charge in [-0.2, -0.15) is 14.3 Å². The number of carbonyl (C=O) groups is 2. The first kappa shape index (κ1) is 18.3. The Morgan fingerprint density at radius 1 is 0.867 bits per heavy atom. The Kier molecular flexibility index (Phi) is 4.43. The zero-order valence-corrected chi connectivity index (χ0v) is 16.6. The van der Waals surface area contributed by atoms with E-state index in [0.717, 1.165) is 22.3 Å². The first-order valence-electron chi connectivity index (χ1n) is 9.97. The lowest BCUT2D eigenvalue weighted by molar-refractivity contribution is -0.457. The predicted molar refractivity (Wildman–Crippen MR) is 112 cm³/mol. The first-order valence-corrected chi connectivity index (χ1v) is 9.97. The van der Waals surface area contributed by atoms with E-state index in [-0.39, 0.29) is 18.5 Å². The Labute approximate surface area is 174 Å². The van der Waals surface area contributed by atoms with E-state index < -0.39 is 6.10 Å². The van der Waals surface area contributed by atoms with Crippen LogP contribution < -0.4 is 4.74 Å². The molecule has 0 saturated heterocycles. The zero-order valence-electron chi connectivity index (χ0n) is 16.6. The second kappa shape index (κ2) is 7.26. The molecule has 1 atom stereocenters. The van der Waals surface area contributed by atoms with E-state index in [1.807, 2.05) is 85.8 Å². The van der Waals surface area contributed by atoms with Gasteiger partial charge in [-0.1, -0.05) is 72.3 Å². The Balaban J connectivity index is 1.60. The van der Waals surface area contributed by atoms with Crippen molar-refractivity contribution in [1.29, 1.82) is 0 Å². The van der Waals surface area contributed by atoms with E-state index in [0.29, 0.717) is 18.0 Å². The molecule has 5 heteroatoms. The molecule has 5 rings (SSSR count). The molecule has 3 aromatic carbocycles. The minimum atomic E-state index is -0.811. The van der Waals surface area contributed by atoms with Gasteiger partial charge in [-0.05, 0) is 30.2 Å². The number of urea groups is 1. The van der Waals surface area contributed by atoms with Crippen LogP contribution in [-0.4, -0.2) is 33.2 Å². The van der Waals surface area contributed by atoms with Crippen LogP contribution in [0.2, 0.25) is 0 Å². The number of para-hydroxylation sites is 1. The van der Waals surface area contributed by atoms with Crippen LogP contribution in [0.5, 0.6) is 5.75 Å². The lowest BCUT2D eigenvalue weighted by Gasteiger charge is -2.24. The molecule has 2 heterocycles. The van der Waals surface area contributed by atoms with Crippen molar-refractivity contribution in [2.24, 2.45) is 0 Å². The Morgan fingerprint density at radius 3 is 2.33 bits per heavy atom. The fraction of sp³-hybridized carbons (Fsp3) is 0.160. The van der Waals surface area contributed by atoms with Gasteiger partial charge in [-0.25, -0.2) is 4.79 Å². The van der Waals surface area contributed by atoms with Crippen LogP contribution in [0.4, 0.5) is 4.79 Å². The molecule has 3 aromatic rings. The number of imide groups is 1. The van der Waals surface area contributed by atoms with Crippen LogP contribution in [0.15, 0.2) is 78.9 Å². The van der Waals surface area contributed by atoms with E-state index in [1.165, 1.54) is 4.90 Å². The van der Waals surface area contributed by atoms with Gasteiger partial charge >= 0.3 is 11.9 Å². The number of nitrogens with zero attached hydrogens (tertiary/aromatic N) is 2. The average Bonchev–Trinajstić information content (AvgIpc) is 3.16. The molecule has 0 bridgehead atoms. The Hall–Kier alpha value is -3.73. The fourth-order valence-electron chi connectivity index (χ4n) is 3.98. The number of rotatable bonds is 4. The summed E-state index contributed by atoms with van der Waals surface area (Å²) in [5, 5.41) is 0. The van der Waals surface area contributed by atoms with Crippen molar-refractivity contribution >= 4 is 17.6 Å². The van der Waals surface area contributed by atoms with Crippen molar-refractivity contribution in [2.45, 2.75) is 26.1 Å². The molecule has 1 unspecified atom stereocenters. The van der Waals surface area contributed by atoms with Crippen LogP contribution in [0.1, 0.15) is 22.3 Å². The average molecular weight is 397 g/mol. The molecule has 30 heavy (non-hydrogen) atoms. The monoisotopic (exact) mass is 397 g/mol. The zero-order chi connectivity index (χ0) is 20.7. The highest BCUT2D eigenvalue weighted by Gasteiger charge is 2.53. The van der Waals surface area contributed by atoms with Crippen LogP contribution in [0, 0.1) is 6.92 Å². The number of carbonyl (C=O) groups excluding carboxylic acids is 2. The van der Waals surface area contributed by atoms with Crippen LogP contribution in [0.3, 0.4) is 0 Å². The minimum absolute atomic E-state index is 0.215. The minimum Gasteiger partial charge on any atom is -0.469 e. The third kappa shape index (κ3) is 3.08. The summed E-state index contributed by atoms with van der Waals surface area (Å²) >= 11 is 0. The van der Waals surface area contributed by atoms with Gasteiger partial charge in [0.1, 0.15) is 18.8 Å². The van der Waals surface area contributed by atoms with Crippen molar-refractivity contribution < 1.29 is 18.9 Å². The summed E-state index contributed by atoms with van der Waals surface area (Å²) in [7, 11) is 0. The number of aryl methyl sites for hydroxylation is 1. The Bertz CT molecular complexity index is 1170. The molecular formula is C25H21N2O3+. The Morgan fingerprint density at radius 2 is 1.57 bits per heavy atom. The maximum Gasteiger partial charge on any atom is 0.501 e. The molecule has 2 aliphatic rings. The third-order valence-electron chi connectivity index (χ3n) is 5.54. The van der Waals surface area contributed by atoms with Gasteiger partial charge in [0.2, 0.25) is 0 Å². The number of benzene rings is 3. The molecule has 0 aromatic heterocycles. The topological polar surface area (TPSA) is 49.6 Å². The summed E-state index contributed by atoms with van der Waals surface area (Å²) in [6, 6.07) is 24.8. The van der Waals surface area contributed by atoms with Crippen LogP contribution in [0.25, 0.3) is 0 Å². The lowest BCUT2D eigenvalue weighted by atomic mass is 10.0. The van der Waals surface area contributed by atoms with Gasteiger partial charge in [-0.15, -0.1) is 0 Å². The summed E-state index contributed by atoms with van der Waals surface area (Å²) in [5.74, 6) is 0.310. The highest BCUT2D eigenvalue weighted by molar-refractivity contribution is 6.21. The van der Waals surface area contributed by atoms with E-state index >= 15 is 0 Å². The fourth-order valence-corrected chi connectivity index (χ4v) is 3.98. The molecule has 2 aliphatic heterocycles.